The van der Waals surface area contributed by atoms with Crippen molar-refractivity contribution in [2.75, 3.05) is 52.0 Å². The quantitative estimate of drug-likeness (QED) is 0.608. The van der Waals surface area contributed by atoms with Crippen molar-refractivity contribution in [3.63, 3.8) is 0 Å². The first kappa shape index (κ1) is 21.4. The summed E-state index contributed by atoms with van der Waals surface area (Å²) in [7, 11) is 4.04. The zero-order valence-electron chi connectivity index (χ0n) is 19.2. The average molecular weight is 444 g/mol. The molecule has 170 valence electrons. The summed E-state index contributed by atoms with van der Waals surface area (Å²) in [5, 5.41) is 15.2. The van der Waals surface area contributed by atoms with Crippen molar-refractivity contribution in [3.8, 4) is 17.2 Å². The molecule has 1 atom stereocenters. The number of nitrogen functional groups attached to an aromatic ring is 1. The summed E-state index contributed by atoms with van der Waals surface area (Å²) in [5.41, 5.74) is 11.3. The number of nitrogens with two attached hydrogens (primary N) is 1. The lowest BCUT2D eigenvalue weighted by Gasteiger charge is -2.34. The van der Waals surface area contributed by atoms with Crippen LogP contribution < -0.4 is 5.73 Å². The van der Waals surface area contributed by atoms with E-state index < -0.39 is 0 Å². The van der Waals surface area contributed by atoms with Crippen LogP contribution in [0, 0.1) is 17.2 Å². The van der Waals surface area contributed by atoms with Gasteiger partial charge in [-0.15, -0.1) is 0 Å². The molecule has 2 aliphatic heterocycles. The molecule has 0 bridgehead atoms. The van der Waals surface area contributed by atoms with E-state index in [0.717, 1.165) is 53.8 Å². The smallest absolute Gasteiger partial charge is 0.256 e. The minimum Gasteiger partial charge on any atom is -0.398 e. The Morgan fingerprint density at radius 3 is 2.67 bits per heavy atom. The fourth-order valence-electron chi connectivity index (χ4n) is 4.98. The first-order chi connectivity index (χ1) is 15.9. The van der Waals surface area contributed by atoms with Crippen molar-refractivity contribution in [1.29, 1.82) is 5.26 Å². The maximum atomic E-state index is 13.3. The molecule has 0 radical (unpaired) electrons. The monoisotopic (exact) mass is 443 g/mol. The first-order valence-electron chi connectivity index (χ1n) is 11.4. The van der Waals surface area contributed by atoms with Crippen molar-refractivity contribution in [3.05, 3.63) is 47.7 Å². The predicted molar refractivity (Wildman–Crippen MR) is 128 cm³/mol. The molecule has 33 heavy (non-hydrogen) atoms. The van der Waals surface area contributed by atoms with Gasteiger partial charge in [-0.2, -0.15) is 10.4 Å². The Bertz CT molecular complexity index is 1250. The third-order valence-electron chi connectivity index (χ3n) is 6.95. The number of aromatic nitrogens is 2. The summed E-state index contributed by atoms with van der Waals surface area (Å²) in [5.74, 6) is -0.313. The molecule has 2 aliphatic rings. The standard InChI is InChI=1S/C25H29N7O/c1-29-7-9-31(10-8-29)14-17(12-26)15-32-16-21-20(5-6-22(27)24(21)25(32)33)18-3-4-19-13-28-30(2)23(19)11-18/h3-6,11,13,17H,7-10,14-16,27H2,1-2H3. The largest absolute Gasteiger partial charge is 0.398 e. The van der Waals surface area contributed by atoms with Gasteiger partial charge in [0.25, 0.3) is 5.91 Å². The molecular weight excluding hydrogens is 414 g/mol. The van der Waals surface area contributed by atoms with Gasteiger partial charge in [0.05, 0.1) is 29.3 Å². The Hall–Kier alpha value is -3.41. The zero-order chi connectivity index (χ0) is 23.1. The van der Waals surface area contributed by atoms with Crippen LogP contribution in [0.1, 0.15) is 15.9 Å². The molecular formula is C25H29N7O. The van der Waals surface area contributed by atoms with E-state index in [9.17, 15) is 10.1 Å². The fraction of sp³-hybridized carbons (Fsp3) is 0.400. The van der Waals surface area contributed by atoms with Gasteiger partial charge in [-0.3, -0.25) is 14.4 Å². The molecule has 0 aliphatic carbocycles. The molecule has 1 fully saturated rings. The summed E-state index contributed by atoms with van der Waals surface area (Å²) >= 11 is 0. The average Bonchev–Trinajstić information content (AvgIpc) is 3.35. The van der Waals surface area contributed by atoms with Crippen LogP contribution in [-0.2, 0) is 13.6 Å². The van der Waals surface area contributed by atoms with Crippen LogP contribution in [0.5, 0.6) is 0 Å². The molecule has 1 amide bonds. The summed E-state index contributed by atoms with van der Waals surface area (Å²) in [6, 6.07) is 12.5. The molecule has 8 heteroatoms. The number of hydrogen-bond donors (Lipinski definition) is 1. The second kappa shape index (κ2) is 8.50. The number of benzene rings is 2. The van der Waals surface area contributed by atoms with Gasteiger partial charge in [-0.1, -0.05) is 18.2 Å². The predicted octanol–water partition coefficient (Wildman–Crippen LogP) is 2.17. The Kier molecular flexibility index (Phi) is 5.52. The van der Waals surface area contributed by atoms with Crippen LogP contribution >= 0.6 is 0 Å². The van der Waals surface area contributed by atoms with E-state index in [1.54, 1.807) is 4.90 Å². The summed E-state index contributed by atoms with van der Waals surface area (Å²) in [4.78, 5) is 19.7. The third kappa shape index (κ3) is 3.94. The topological polar surface area (TPSA) is 94.4 Å². The third-order valence-corrected chi connectivity index (χ3v) is 6.95. The fourth-order valence-corrected chi connectivity index (χ4v) is 4.98. The highest BCUT2D eigenvalue weighted by Gasteiger charge is 2.33. The summed E-state index contributed by atoms with van der Waals surface area (Å²) in [6.07, 6.45) is 1.85. The SMILES string of the molecule is CN1CCN(CC(C#N)CN2Cc3c(-c4ccc5cnn(C)c5c4)ccc(N)c3C2=O)CC1. The van der Waals surface area contributed by atoms with E-state index in [4.69, 9.17) is 5.73 Å². The highest BCUT2D eigenvalue weighted by atomic mass is 16.2. The van der Waals surface area contributed by atoms with Gasteiger partial charge in [0.2, 0.25) is 0 Å². The minimum absolute atomic E-state index is 0.0791. The van der Waals surface area contributed by atoms with E-state index in [2.05, 4.69) is 46.2 Å². The van der Waals surface area contributed by atoms with E-state index in [0.29, 0.717) is 30.9 Å². The molecule has 1 aromatic heterocycles. The molecule has 3 heterocycles. The van der Waals surface area contributed by atoms with E-state index in [1.807, 2.05) is 30.1 Å². The van der Waals surface area contributed by atoms with Crippen molar-refractivity contribution >= 4 is 22.5 Å². The van der Waals surface area contributed by atoms with E-state index in [-0.39, 0.29) is 11.8 Å². The highest BCUT2D eigenvalue weighted by Crippen LogP contribution is 2.37. The first-order valence-corrected chi connectivity index (χ1v) is 11.4. The van der Waals surface area contributed by atoms with Crippen molar-refractivity contribution in [2.45, 2.75) is 6.54 Å². The van der Waals surface area contributed by atoms with Crippen LogP contribution in [-0.4, -0.2) is 76.7 Å². The highest BCUT2D eigenvalue weighted by molar-refractivity contribution is 6.05. The minimum atomic E-state index is -0.234. The van der Waals surface area contributed by atoms with E-state index >= 15 is 0 Å². The molecule has 0 saturated carbocycles. The second-order valence-corrected chi connectivity index (χ2v) is 9.21. The van der Waals surface area contributed by atoms with Crippen LogP contribution in [0.2, 0.25) is 0 Å². The van der Waals surface area contributed by atoms with Gasteiger partial charge in [-0.05, 0) is 35.9 Å². The van der Waals surface area contributed by atoms with Crippen molar-refractivity contribution in [1.82, 2.24) is 24.5 Å². The number of rotatable bonds is 5. The van der Waals surface area contributed by atoms with Gasteiger partial charge < -0.3 is 15.5 Å². The van der Waals surface area contributed by atoms with Crippen molar-refractivity contribution in [2.24, 2.45) is 13.0 Å². The maximum absolute atomic E-state index is 13.3. The number of amides is 1. The lowest BCUT2D eigenvalue weighted by Crippen LogP contribution is -2.47. The molecule has 2 N–H and O–H groups in total. The normalized spacial score (nSPS) is 18.0. The zero-order valence-corrected chi connectivity index (χ0v) is 19.2. The molecule has 8 nitrogen and oxygen atoms in total. The van der Waals surface area contributed by atoms with Gasteiger partial charge >= 0.3 is 0 Å². The number of carbonyl (C=O) groups is 1. The Balaban J connectivity index is 1.40. The van der Waals surface area contributed by atoms with Gasteiger partial charge in [-0.25, -0.2) is 0 Å². The molecule has 5 rings (SSSR count). The van der Waals surface area contributed by atoms with E-state index in [1.165, 1.54) is 0 Å². The summed E-state index contributed by atoms with van der Waals surface area (Å²) in [6.45, 7) is 5.49. The molecule has 2 aromatic carbocycles. The molecule has 3 aromatic rings. The number of anilines is 1. The second-order valence-electron chi connectivity index (χ2n) is 9.21. The Labute approximate surface area is 193 Å². The van der Waals surface area contributed by atoms with Crippen LogP contribution in [0.3, 0.4) is 0 Å². The number of hydrogen-bond acceptors (Lipinski definition) is 6. The Morgan fingerprint density at radius 1 is 1.12 bits per heavy atom. The van der Waals surface area contributed by atoms with Gasteiger partial charge in [0.15, 0.2) is 0 Å². The van der Waals surface area contributed by atoms with Gasteiger partial charge in [0.1, 0.15) is 0 Å². The number of fused-ring (bicyclic) bond motifs is 2. The molecule has 1 saturated heterocycles. The van der Waals surface area contributed by atoms with Crippen LogP contribution in [0.15, 0.2) is 36.5 Å². The van der Waals surface area contributed by atoms with Crippen LogP contribution in [0.4, 0.5) is 5.69 Å². The molecule has 0 spiro atoms. The maximum Gasteiger partial charge on any atom is 0.256 e. The lowest BCUT2D eigenvalue weighted by molar-refractivity contribution is 0.0742. The molecule has 1 unspecified atom stereocenters. The number of aryl methyl sites for hydroxylation is 1. The summed E-state index contributed by atoms with van der Waals surface area (Å²) < 4.78 is 1.85. The van der Waals surface area contributed by atoms with Gasteiger partial charge in [0, 0.05) is 63.9 Å². The number of nitriles is 1. The number of likely N-dealkylation sites (N-methyl/N-ethyl adjacent to an activating group) is 1. The van der Waals surface area contributed by atoms with Crippen molar-refractivity contribution < 1.29 is 4.79 Å². The Morgan fingerprint density at radius 2 is 1.91 bits per heavy atom. The number of nitrogens with zero attached hydrogens (tertiary/aromatic N) is 6. The number of piperazine rings is 1. The number of carbonyl (C=O) groups excluding carboxylic acids is 1. The van der Waals surface area contributed by atoms with Crippen LogP contribution in [0.25, 0.3) is 22.0 Å². The lowest BCUT2D eigenvalue weighted by atomic mass is 9.95.